The van der Waals surface area contributed by atoms with Gasteiger partial charge in [0.15, 0.2) is 0 Å². The molecule has 2 aromatic heterocycles. The third-order valence-electron chi connectivity index (χ3n) is 9.87. The lowest BCUT2D eigenvalue weighted by molar-refractivity contribution is -0.190. The van der Waals surface area contributed by atoms with Crippen LogP contribution < -0.4 is 26.0 Å². The highest BCUT2D eigenvalue weighted by Gasteiger charge is 2.45. The fourth-order valence-corrected chi connectivity index (χ4v) is 7.28. The zero-order chi connectivity index (χ0) is 38.5. The molecule has 3 aromatic carbocycles. The van der Waals surface area contributed by atoms with E-state index in [4.69, 9.17) is 47.9 Å². The van der Waals surface area contributed by atoms with Gasteiger partial charge < -0.3 is 34.5 Å². The number of nitrogens with zero attached hydrogens (tertiary/aromatic N) is 8. The van der Waals surface area contributed by atoms with E-state index in [1.54, 1.807) is 43.1 Å². The van der Waals surface area contributed by atoms with Crippen molar-refractivity contribution < 1.29 is 23.7 Å². The molecule has 0 amide bonds. The second-order valence-corrected chi connectivity index (χ2v) is 14.4. The quantitative estimate of drug-likeness (QED) is 0.158. The molecule has 5 aromatic rings. The van der Waals surface area contributed by atoms with Crippen LogP contribution in [-0.4, -0.2) is 93.2 Å². The summed E-state index contributed by atoms with van der Waals surface area (Å²) in [6, 6.07) is 20.7. The molecular formula is C38H43Cl2N9O6. The van der Waals surface area contributed by atoms with Gasteiger partial charge in [0.2, 0.25) is 5.79 Å². The van der Waals surface area contributed by atoms with Gasteiger partial charge in [-0.3, -0.25) is 4.79 Å². The second kappa shape index (κ2) is 16.8. The van der Waals surface area contributed by atoms with E-state index in [1.165, 1.54) is 21.9 Å². The first kappa shape index (κ1) is 38.3. The summed E-state index contributed by atoms with van der Waals surface area (Å²) in [6.45, 7) is 7.92. The zero-order valence-corrected chi connectivity index (χ0v) is 32.1. The molecule has 17 heteroatoms. The van der Waals surface area contributed by atoms with Crippen molar-refractivity contribution in [2.24, 2.45) is 5.73 Å². The average Bonchev–Trinajstić information content (AvgIpc) is 3.95. The number of halogens is 2. The van der Waals surface area contributed by atoms with E-state index in [-0.39, 0.29) is 37.9 Å². The highest BCUT2D eigenvalue weighted by atomic mass is 35.5. The van der Waals surface area contributed by atoms with Crippen LogP contribution in [0, 0.1) is 0 Å². The highest BCUT2D eigenvalue weighted by molar-refractivity contribution is 6.35. The third-order valence-corrected chi connectivity index (χ3v) is 10.4. The Morgan fingerprint density at radius 2 is 1.62 bits per heavy atom. The molecule has 2 N–H and O–H groups in total. The van der Waals surface area contributed by atoms with E-state index in [9.17, 15) is 9.59 Å². The molecule has 4 heterocycles. The minimum atomic E-state index is -1.18. The fraction of sp³-hybridized carbons (Fsp3) is 0.395. The minimum absolute atomic E-state index is 0.123. The maximum atomic E-state index is 13.2. The van der Waals surface area contributed by atoms with Crippen molar-refractivity contribution in [3.63, 3.8) is 0 Å². The molecule has 4 unspecified atom stereocenters. The number of esters is 1. The summed E-state index contributed by atoms with van der Waals surface area (Å²) in [5.74, 6) is -0.852. The van der Waals surface area contributed by atoms with E-state index in [2.05, 4.69) is 37.1 Å². The number of nitrogens with two attached hydrogens (primary N) is 1. The monoisotopic (exact) mass is 791 g/mol. The lowest BCUT2D eigenvalue weighted by atomic mass is 10.1. The van der Waals surface area contributed by atoms with Gasteiger partial charge in [-0.1, -0.05) is 29.3 Å². The summed E-state index contributed by atoms with van der Waals surface area (Å²) in [7, 11) is 0. The Hall–Kier alpha value is -4.93. The summed E-state index contributed by atoms with van der Waals surface area (Å²) >= 11 is 12.8. The van der Waals surface area contributed by atoms with Gasteiger partial charge in [0.05, 0.1) is 29.8 Å². The predicted octanol–water partition coefficient (Wildman–Crippen LogP) is 4.45. The number of carbonyl (C=O) groups is 1. The standard InChI is InChI=1S/C38H43Cl2N9O6/c1-26(27(2)54-36(50)13-14-41)49-37(51)48(25-44-49)31-6-4-29(5-7-31)45-15-17-46(18-16-45)30-8-10-32(11-9-30)52-20-33-21-53-38(55-33,22-47-24-42-23-43-47)34-12-3-28(39)19-35(34)40/h3-12,19,23-27,33H,13-18,20-22,41H2,1-2H3. The molecule has 0 bridgehead atoms. The van der Waals surface area contributed by atoms with Gasteiger partial charge in [0.1, 0.15) is 50.1 Å². The van der Waals surface area contributed by atoms with Crippen LogP contribution in [0.3, 0.4) is 0 Å². The van der Waals surface area contributed by atoms with E-state index in [0.29, 0.717) is 27.9 Å². The number of piperazine rings is 1. The Balaban J connectivity index is 0.906. The van der Waals surface area contributed by atoms with E-state index in [1.807, 2.05) is 36.4 Å². The minimum Gasteiger partial charge on any atom is -0.491 e. The van der Waals surface area contributed by atoms with Crippen molar-refractivity contribution in [2.45, 2.75) is 50.8 Å². The smallest absolute Gasteiger partial charge is 0.350 e. The van der Waals surface area contributed by atoms with Gasteiger partial charge in [-0.25, -0.2) is 23.7 Å². The van der Waals surface area contributed by atoms with E-state index in [0.717, 1.165) is 43.3 Å². The van der Waals surface area contributed by atoms with Crippen LogP contribution in [0.4, 0.5) is 11.4 Å². The second-order valence-electron chi connectivity index (χ2n) is 13.5. The van der Waals surface area contributed by atoms with Crippen LogP contribution in [0.25, 0.3) is 5.69 Å². The van der Waals surface area contributed by atoms with Crippen molar-refractivity contribution in [1.82, 2.24) is 29.1 Å². The molecule has 2 aliphatic rings. The Kier molecular flexibility index (Phi) is 11.7. The topological polar surface area (TPSA) is 157 Å². The summed E-state index contributed by atoms with van der Waals surface area (Å²) in [4.78, 5) is 33.8. The predicted molar refractivity (Wildman–Crippen MR) is 207 cm³/mol. The lowest BCUT2D eigenvalue weighted by Gasteiger charge is -2.37. The normalized spacial score (nSPS) is 19.7. The van der Waals surface area contributed by atoms with Crippen molar-refractivity contribution in [1.29, 1.82) is 0 Å². The molecule has 0 spiro atoms. The fourth-order valence-electron chi connectivity index (χ4n) is 6.73. The number of carbonyl (C=O) groups excluding carboxylic acids is 1. The van der Waals surface area contributed by atoms with E-state index >= 15 is 0 Å². The molecule has 15 nitrogen and oxygen atoms in total. The zero-order valence-electron chi connectivity index (χ0n) is 30.5. The molecule has 7 rings (SSSR count). The summed E-state index contributed by atoms with van der Waals surface area (Å²) in [5.41, 5.74) is 8.67. The molecular weight excluding hydrogens is 749 g/mol. The van der Waals surface area contributed by atoms with Crippen LogP contribution in [-0.2, 0) is 31.3 Å². The first-order valence-electron chi connectivity index (χ1n) is 18.1. The SMILES string of the molecule is CC(OC(=O)CCN)C(C)n1ncn(-c2ccc(N3CCN(c4ccc(OCC5COC(Cn6cncn6)(c6ccc(Cl)cc6Cl)O5)cc4)CC3)cc2)c1=O. The number of ether oxygens (including phenoxy) is 4. The Labute approximate surface area is 328 Å². The van der Waals surface area contributed by atoms with Crippen LogP contribution >= 0.6 is 23.2 Å². The Morgan fingerprint density at radius 1 is 0.945 bits per heavy atom. The third kappa shape index (κ3) is 8.66. The van der Waals surface area contributed by atoms with Crippen LogP contribution in [0.2, 0.25) is 10.0 Å². The maximum Gasteiger partial charge on any atom is 0.350 e. The van der Waals surface area contributed by atoms with Crippen LogP contribution in [0.5, 0.6) is 5.75 Å². The largest absolute Gasteiger partial charge is 0.491 e. The lowest BCUT2D eigenvalue weighted by Crippen LogP contribution is -2.46. The summed E-state index contributed by atoms with van der Waals surface area (Å²) in [5, 5.41) is 9.47. The summed E-state index contributed by atoms with van der Waals surface area (Å²) < 4.78 is 28.7. The van der Waals surface area contributed by atoms with Crippen molar-refractivity contribution >= 4 is 40.5 Å². The first-order chi connectivity index (χ1) is 26.6. The summed E-state index contributed by atoms with van der Waals surface area (Å²) in [6.07, 6.45) is 3.77. The highest BCUT2D eigenvalue weighted by Crippen LogP contribution is 2.40. The molecule has 2 aliphatic heterocycles. The number of hydrogen-bond acceptors (Lipinski definition) is 12. The van der Waals surface area contributed by atoms with Gasteiger partial charge in [-0.2, -0.15) is 10.2 Å². The molecule has 2 saturated heterocycles. The van der Waals surface area contributed by atoms with Crippen molar-refractivity contribution in [3.05, 3.63) is 112 Å². The average molecular weight is 793 g/mol. The van der Waals surface area contributed by atoms with Gasteiger partial charge in [0.25, 0.3) is 0 Å². The van der Waals surface area contributed by atoms with Gasteiger partial charge in [0, 0.05) is 54.7 Å². The number of benzene rings is 3. The molecule has 2 fully saturated rings. The van der Waals surface area contributed by atoms with Crippen LogP contribution in [0.1, 0.15) is 31.9 Å². The van der Waals surface area contributed by atoms with E-state index < -0.39 is 23.9 Å². The molecule has 0 radical (unpaired) electrons. The number of rotatable bonds is 14. The van der Waals surface area contributed by atoms with Crippen molar-refractivity contribution in [3.8, 4) is 11.4 Å². The molecule has 4 atom stereocenters. The molecule has 290 valence electrons. The van der Waals surface area contributed by atoms with Crippen LogP contribution in [0.15, 0.2) is 90.5 Å². The molecule has 55 heavy (non-hydrogen) atoms. The van der Waals surface area contributed by atoms with Gasteiger partial charge in [-0.15, -0.1) is 0 Å². The number of anilines is 2. The number of hydrogen-bond donors (Lipinski definition) is 1. The molecule has 0 saturated carbocycles. The Bertz CT molecular complexity index is 2100. The number of aromatic nitrogens is 6. The van der Waals surface area contributed by atoms with Gasteiger partial charge >= 0.3 is 11.7 Å². The Morgan fingerprint density at radius 3 is 2.25 bits per heavy atom. The maximum absolute atomic E-state index is 13.2. The van der Waals surface area contributed by atoms with Gasteiger partial charge in [-0.05, 0) is 74.5 Å². The first-order valence-corrected chi connectivity index (χ1v) is 18.9. The molecule has 0 aliphatic carbocycles. The van der Waals surface area contributed by atoms with Crippen molar-refractivity contribution in [2.75, 3.05) is 55.7 Å².